The van der Waals surface area contributed by atoms with Gasteiger partial charge < -0.3 is 15.1 Å². The van der Waals surface area contributed by atoms with Crippen LogP contribution in [0.4, 0.5) is 5.82 Å². The zero-order valence-electron chi connectivity index (χ0n) is 9.09. The summed E-state index contributed by atoms with van der Waals surface area (Å²) >= 11 is 0. The molecule has 0 aliphatic heterocycles. The lowest BCUT2D eigenvalue weighted by atomic mass is 10.3. The summed E-state index contributed by atoms with van der Waals surface area (Å²) in [7, 11) is 0. The minimum atomic E-state index is -0.102. The molecule has 0 aromatic carbocycles. The van der Waals surface area contributed by atoms with Crippen molar-refractivity contribution >= 4 is 5.82 Å². The monoisotopic (exact) mass is 211 g/mol. The Morgan fingerprint density at radius 1 is 1.27 bits per heavy atom. The Labute approximate surface area is 89.4 Å². The molecule has 0 atom stereocenters. The van der Waals surface area contributed by atoms with E-state index < -0.39 is 0 Å². The predicted octanol–water partition coefficient (Wildman–Crippen LogP) is 0.176. The summed E-state index contributed by atoms with van der Waals surface area (Å²) < 4.78 is 0. The van der Waals surface area contributed by atoms with Crippen LogP contribution in [0.1, 0.15) is 19.5 Å². The van der Waals surface area contributed by atoms with Gasteiger partial charge in [-0.05, 0) is 26.0 Å². The Hall–Kier alpha value is -1.20. The van der Waals surface area contributed by atoms with Crippen molar-refractivity contribution in [3.63, 3.8) is 0 Å². The Bertz CT molecular complexity index is 287. The highest BCUT2D eigenvalue weighted by Gasteiger charge is 2.11. The fourth-order valence-corrected chi connectivity index (χ4v) is 1.34. The van der Waals surface area contributed by atoms with Crippen molar-refractivity contribution in [1.82, 2.24) is 10.2 Å². The quantitative estimate of drug-likeness (QED) is 0.727. The van der Waals surface area contributed by atoms with Gasteiger partial charge in [-0.2, -0.15) is 5.10 Å². The molecule has 0 aliphatic rings. The van der Waals surface area contributed by atoms with E-state index in [1.165, 1.54) is 0 Å². The molecule has 84 valence electrons. The van der Waals surface area contributed by atoms with Crippen LogP contribution in [0.3, 0.4) is 0 Å². The lowest BCUT2D eigenvalue weighted by molar-refractivity contribution is 0.275. The highest BCUT2D eigenvalue weighted by Crippen LogP contribution is 2.12. The van der Waals surface area contributed by atoms with Gasteiger partial charge >= 0.3 is 0 Å². The average molecular weight is 211 g/mol. The fourth-order valence-electron chi connectivity index (χ4n) is 1.34. The van der Waals surface area contributed by atoms with Crippen LogP contribution >= 0.6 is 0 Å². The van der Waals surface area contributed by atoms with Crippen molar-refractivity contribution in [3.05, 3.63) is 17.8 Å². The van der Waals surface area contributed by atoms with Crippen molar-refractivity contribution in [2.75, 3.05) is 18.1 Å². The Balaban J connectivity index is 2.81. The second kappa shape index (κ2) is 5.63. The van der Waals surface area contributed by atoms with Crippen LogP contribution in [0.15, 0.2) is 12.1 Å². The molecule has 0 spiro atoms. The van der Waals surface area contributed by atoms with E-state index in [4.69, 9.17) is 10.2 Å². The number of nitrogens with zero attached hydrogens (tertiary/aromatic N) is 3. The molecule has 5 heteroatoms. The Morgan fingerprint density at radius 3 is 2.40 bits per heavy atom. The van der Waals surface area contributed by atoms with Crippen LogP contribution in [-0.2, 0) is 6.61 Å². The number of rotatable bonds is 5. The second-order valence-corrected chi connectivity index (χ2v) is 3.55. The van der Waals surface area contributed by atoms with Crippen LogP contribution in [0, 0.1) is 0 Å². The molecule has 0 saturated carbocycles. The Morgan fingerprint density at radius 2 is 2.00 bits per heavy atom. The zero-order valence-corrected chi connectivity index (χ0v) is 9.09. The predicted molar refractivity (Wildman–Crippen MR) is 57.5 cm³/mol. The van der Waals surface area contributed by atoms with Gasteiger partial charge in [-0.1, -0.05) is 0 Å². The molecule has 1 heterocycles. The molecule has 5 nitrogen and oxygen atoms in total. The van der Waals surface area contributed by atoms with Crippen molar-refractivity contribution in [2.24, 2.45) is 0 Å². The number of anilines is 1. The van der Waals surface area contributed by atoms with E-state index in [0.29, 0.717) is 12.2 Å². The van der Waals surface area contributed by atoms with E-state index >= 15 is 0 Å². The number of aliphatic hydroxyl groups excluding tert-OH is 2. The molecule has 0 amide bonds. The lowest BCUT2D eigenvalue weighted by Gasteiger charge is -2.26. The second-order valence-electron chi connectivity index (χ2n) is 3.55. The first-order chi connectivity index (χ1) is 7.19. The van der Waals surface area contributed by atoms with Gasteiger partial charge in [0.05, 0.1) is 18.9 Å². The standard InChI is InChI=1S/C10H17N3O2/c1-8(2)13(5-6-14)10-4-3-9(7-15)11-12-10/h3-4,8,14-15H,5-7H2,1-2H3. The molecule has 2 N–H and O–H groups in total. The maximum Gasteiger partial charge on any atom is 0.151 e. The van der Waals surface area contributed by atoms with E-state index in [0.717, 1.165) is 5.82 Å². The van der Waals surface area contributed by atoms with Crippen molar-refractivity contribution in [3.8, 4) is 0 Å². The van der Waals surface area contributed by atoms with Gasteiger partial charge in [0, 0.05) is 12.6 Å². The van der Waals surface area contributed by atoms with E-state index in [9.17, 15) is 0 Å². The molecule has 0 bridgehead atoms. The van der Waals surface area contributed by atoms with Gasteiger partial charge in [-0.15, -0.1) is 5.10 Å². The molecule has 15 heavy (non-hydrogen) atoms. The van der Waals surface area contributed by atoms with Crippen LogP contribution in [0.2, 0.25) is 0 Å². The van der Waals surface area contributed by atoms with Gasteiger partial charge in [0.25, 0.3) is 0 Å². The van der Waals surface area contributed by atoms with Crippen LogP contribution in [-0.4, -0.2) is 39.6 Å². The zero-order chi connectivity index (χ0) is 11.3. The summed E-state index contributed by atoms with van der Waals surface area (Å²) in [5, 5.41) is 25.6. The fraction of sp³-hybridized carbons (Fsp3) is 0.600. The average Bonchev–Trinajstić information content (AvgIpc) is 2.26. The van der Waals surface area contributed by atoms with Gasteiger partial charge in [-0.3, -0.25) is 0 Å². The van der Waals surface area contributed by atoms with E-state index in [-0.39, 0.29) is 19.3 Å². The smallest absolute Gasteiger partial charge is 0.151 e. The van der Waals surface area contributed by atoms with Gasteiger partial charge in [-0.25, -0.2) is 0 Å². The third-order valence-electron chi connectivity index (χ3n) is 2.13. The van der Waals surface area contributed by atoms with Crippen molar-refractivity contribution < 1.29 is 10.2 Å². The molecule has 0 aliphatic carbocycles. The van der Waals surface area contributed by atoms with Crippen molar-refractivity contribution in [1.29, 1.82) is 0 Å². The molecular formula is C10H17N3O2. The number of aliphatic hydroxyl groups is 2. The maximum absolute atomic E-state index is 8.92. The normalized spacial score (nSPS) is 10.7. The minimum Gasteiger partial charge on any atom is -0.395 e. The van der Waals surface area contributed by atoms with Gasteiger partial charge in [0.15, 0.2) is 5.82 Å². The SMILES string of the molecule is CC(C)N(CCO)c1ccc(CO)nn1. The largest absolute Gasteiger partial charge is 0.395 e. The number of aromatic nitrogens is 2. The summed E-state index contributed by atoms with van der Waals surface area (Å²) in [6, 6.07) is 3.79. The van der Waals surface area contributed by atoms with Crippen molar-refractivity contribution in [2.45, 2.75) is 26.5 Å². The third-order valence-corrected chi connectivity index (χ3v) is 2.13. The topological polar surface area (TPSA) is 69.5 Å². The Kier molecular flexibility index (Phi) is 4.45. The summed E-state index contributed by atoms with van der Waals surface area (Å²) in [4.78, 5) is 1.95. The van der Waals surface area contributed by atoms with Gasteiger partial charge in [0.1, 0.15) is 0 Å². The van der Waals surface area contributed by atoms with Crippen LogP contribution in [0.5, 0.6) is 0 Å². The first kappa shape index (κ1) is 11.9. The van der Waals surface area contributed by atoms with Gasteiger partial charge in [0.2, 0.25) is 0 Å². The van der Waals surface area contributed by atoms with Crippen LogP contribution in [0.25, 0.3) is 0 Å². The lowest BCUT2D eigenvalue weighted by Crippen LogP contribution is -2.34. The summed E-state index contributed by atoms with van der Waals surface area (Å²) in [6.07, 6.45) is 0. The maximum atomic E-state index is 8.92. The minimum absolute atomic E-state index is 0.0849. The van der Waals surface area contributed by atoms with E-state index in [1.807, 2.05) is 18.7 Å². The summed E-state index contributed by atoms with van der Waals surface area (Å²) in [5.74, 6) is 0.719. The van der Waals surface area contributed by atoms with Crippen LogP contribution < -0.4 is 4.90 Å². The first-order valence-corrected chi connectivity index (χ1v) is 5.00. The molecule has 0 radical (unpaired) electrons. The molecule has 1 aromatic heterocycles. The third kappa shape index (κ3) is 3.14. The number of hydrogen-bond donors (Lipinski definition) is 2. The summed E-state index contributed by atoms with van der Waals surface area (Å²) in [6.45, 7) is 4.57. The highest BCUT2D eigenvalue weighted by molar-refractivity contribution is 5.38. The molecule has 0 saturated heterocycles. The molecule has 0 unspecified atom stereocenters. The molecule has 0 fully saturated rings. The summed E-state index contributed by atoms with van der Waals surface area (Å²) in [5.41, 5.74) is 0.548. The molecule has 1 rings (SSSR count). The first-order valence-electron chi connectivity index (χ1n) is 5.00. The van der Waals surface area contributed by atoms with E-state index in [1.54, 1.807) is 12.1 Å². The molecular weight excluding hydrogens is 194 g/mol. The number of hydrogen-bond acceptors (Lipinski definition) is 5. The molecule has 1 aromatic rings. The highest BCUT2D eigenvalue weighted by atomic mass is 16.3. The van der Waals surface area contributed by atoms with E-state index in [2.05, 4.69) is 10.2 Å².